The lowest BCUT2D eigenvalue weighted by molar-refractivity contribution is -0.145. The van der Waals surface area contributed by atoms with Crippen molar-refractivity contribution in [3.63, 3.8) is 0 Å². The van der Waals surface area contributed by atoms with Gasteiger partial charge in [-0.1, -0.05) is 6.92 Å². The number of carboxylic acids is 1. The number of carbonyl (C=O) groups excluding carboxylic acids is 1. The van der Waals surface area contributed by atoms with Gasteiger partial charge in [-0.2, -0.15) is 0 Å². The predicted molar refractivity (Wildman–Crippen MR) is 66.4 cm³/mol. The minimum atomic E-state index is -0.929. The number of carboxylic acid groups (broad SMARTS) is 1. The van der Waals surface area contributed by atoms with Crippen molar-refractivity contribution in [1.29, 1.82) is 0 Å². The number of urea groups is 1. The van der Waals surface area contributed by atoms with Crippen LogP contribution < -0.4 is 5.32 Å². The number of ether oxygens (including phenoxy) is 1. The molecule has 0 aliphatic carbocycles. The molecule has 0 aromatic rings. The zero-order valence-corrected chi connectivity index (χ0v) is 11.0. The number of carbonyl (C=O) groups is 2. The quantitative estimate of drug-likeness (QED) is 0.719. The van der Waals surface area contributed by atoms with Crippen LogP contribution in [0.4, 0.5) is 4.79 Å². The summed E-state index contributed by atoms with van der Waals surface area (Å²) in [6, 6.07) is -1.03. The maximum Gasteiger partial charge on any atom is 0.326 e. The summed E-state index contributed by atoms with van der Waals surface area (Å²) in [5.41, 5.74) is 0. The van der Waals surface area contributed by atoms with Crippen LogP contribution in [0.2, 0.25) is 0 Å². The first-order valence-electron chi connectivity index (χ1n) is 6.43. The molecular weight excluding hydrogens is 236 g/mol. The van der Waals surface area contributed by atoms with Crippen molar-refractivity contribution < 1.29 is 19.4 Å². The van der Waals surface area contributed by atoms with E-state index in [2.05, 4.69) is 5.32 Å². The van der Waals surface area contributed by atoms with Gasteiger partial charge in [0.25, 0.3) is 0 Å². The molecule has 1 rings (SSSR count). The van der Waals surface area contributed by atoms with Crippen molar-refractivity contribution in [2.75, 3.05) is 26.3 Å². The second kappa shape index (κ2) is 7.20. The van der Waals surface area contributed by atoms with Gasteiger partial charge in [0.15, 0.2) is 0 Å². The Hall–Kier alpha value is -1.30. The summed E-state index contributed by atoms with van der Waals surface area (Å²) in [7, 11) is 0. The van der Waals surface area contributed by atoms with Gasteiger partial charge >= 0.3 is 12.0 Å². The number of nitrogens with one attached hydrogen (secondary N) is 1. The number of aliphatic carboxylic acids is 1. The van der Waals surface area contributed by atoms with Crippen LogP contribution in [0, 0.1) is 5.92 Å². The van der Waals surface area contributed by atoms with Crippen molar-refractivity contribution in [2.45, 2.75) is 32.7 Å². The van der Waals surface area contributed by atoms with Gasteiger partial charge in [0.2, 0.25) is 0 Å². The van der Waals surface area contributed by atoms with Crippen LogP contribution in [0.25, 0.3) is 0 Å². The topological polar surface area (TPSA) is 78.9 Å². The highest BCUT2D eigenvalue weighted by molar-refractivity contribution is 5.83. The largest absolute Gasteiger partial charge is 0.480 e. The fourth-order valence-electron chi connectivity index (χ4n) is 2.27. The molecule has 0 bridgehead atoms. The molecular formula is C12H22N2O4. The second-order valence-electron chi connectivity index (χ2n) is 4.52. The molecule has 1 aliphatic heterocycles. The smallest absolute Gasteiger partial charge is 0.326 e. The van der Waals surface area contributed by atoms with Crippen molar-refractivity contribution in [3.05, 3.63) is 0 Å². The van der Waals surface area contributed by atoms with Gasteiger partial charge < -0.3 is 20.1 Å². The van der Waals surface area contributed by atoms with E-state index in [0.717, 1.165) is 12.8 Å². The molecule has 0 saturated carbocycles. The van der Waals surface area contributed by atoms with Crippen LogP contribution in [0.15, 0.2) is 0 Å². The fraction of sp³-hybridized carbons (Fsp3) is 0.833. The summed E-state index contributed by atoms with van der Waals surface area (Å²) < 4.78 is 5.12. The molecule has 6 heteroatoms. The van der Waals surface area contributed by atoms with E-state index in [0.29, 0.717) is 26.3 Å². The van der Waals surface area contributed by atoms with Crippen molar-refractivity contribution in [3.8, 4) is 0 Å². The molecule has 104 valence electrons. The molecule has 1 saturated heterocycles. The Morgan fingerprint density at radius 2 is 2.22 bits per heavy atom. The average Bonchev–Trinajstić information content (AvgIpc) is 2.33. The first-order chi connectivity index (χ1) is 8.57. The number of piperidine rings is 1. The van der Waals surface area contributed by atoms with E-state index in [1.165, 1.54) is 4.90 Å². The molecule has 0 aromatic heterocycles. The van der Waals surface area contributed by atoms with E-state index in [1.54, 1.807) is 0 Å². The average molecular weight is 258 g/mol. The third kappa shape index (κ3) is 3.87. The molecule has 0 aromatic carbocycles. The summed E-state index contributed by atoms with van der Waals surface area (Å²) >= 11 is 0. The number of nitrogens with zero attached hydrogens (tertiary/aromatic N) is 1. The fourth-order valence-corrected chi connectivity index (χ4v) is 2.27. The van der Waals surface area contributed by atoms with Gasteiger partial charge in [-0.25, -0.2) is 9.59 Å². The van der Waals surface area contributed by atoms with E-state index in [4.69, 9.17) is 4.74 Å². The summed E-state index contributed by atoms with van der Waals surface area (Å²) in [5.74, 6) is -0.934. The molecule has 6 nitrogen and oxygen atoms in total. The molecule has 2 amide bonds. The minimum Gasteiger partial charge on any atom is -0.480 e. The summed E-state index contributed by atoms with van der Waals surface area (Å²) in [6.07, 6.45) is 1.70. The molecule has 1 fully saturated rings. The molecule has 18 heavy (non-hydrogen) atoms. The van der Waals surface area contributed by atoms with Crippen molar-refractivity contribution in [1.82, 2.24) is 10.2 Å². The third-order valence-corrected chi connectivity index (χ3v) is 3.17. The van der Waals surface area contributed by atoms with Gasteiger partial charge in [-0.3, -0.25) is 0 Å². The van der Waals surface area contributed by atoms with E-state index in [1.807, 2.05) is 13.8 Å². The van der Waals surface area contributed by atoms with Gasteiger partial charge in [0, 0.05) is 19.7 Å². The Kier molecular flexibility index (Phi) is 5.91. The van der Waals surface area contributed by atoms with Gasteiger partial charge in [0.1, 0.15) is 6.04 Å². The second-order valence-corrected chi connectivity index (χ2v) is 4.52. The summed E-state index contributed by atoms with van der Waals surface area (Å²) in [6.45, 7) is 5.72. The lowest BCUT2D eigenvalue weighted by Crippen LogP contribution is -2.55. The lowest BCUT2D eigenvalue weighted by Gasteiger charge is -2.37. The van der Waals surface area contributed by atoms with Crippen LogP contribution in [0.1, 0.15) is 26.7 Å². The van der Waals surface area contributed by atoms with E-state index >= 15 is 0 Å². The molecule has 2 unspecified atom stereocenters. The molecule has 2 atom stereocenters. The highest BCUT2D eigenvalue weighted by Crippen LogP contribution is 2.23. The zero-order valence-electron chi connectivity index (χ0n) is 11.0. The maximum absolute atomic E-state index is 11.9. The van der Waals surface area contributed by atoms with Gasteiger partial charge in [0.05, 0.1) is 6.61 Å². The van der Waals surface area contributed by atoms with E-state index < -0.39 is 12.0 Å². The molecule has 1 aliphatic rings. The molecule has 2 N–H and O–H groups in total. The van der Waals surface area contributed by atoms with E-state index in [9.17, 15) is 14.7 Å². The first-order valence-corrected chi connectivity index (χ1v) is 6.43. The lowest BCUT2D eigenvalue weighted by atomic mass is 9.91. The van der Waals surface area contributed by atoms with Crippen LogP contribution in [-0.4, -0.2) is 54.4 Å². The Labute approximate surface area is 107 Å². The number of hydrogen-bond donors (Lipinski definition) is 2. The van der Waals surface area contributed by atoms with Crippen molar-refractivity contribution in [2.24, 2.45) is 5.92 Å². The van der Waals surface area contributed by atoms with Crippen LogP contribution in [0.3, 0.4) is 0 Å². The predicted octanol–water partition coefficient (Wildman–Crippen LogP) is 0.918. The zero-order chi connectivity index (χ0) is 13.5. The normalized spacial score (nSPS) is 23.8. The van der Waals surface area contributed by atoms with Crippen LogP contribution in [-0.2, 0) is 9.53 Å². The molecule has 0 spiro atoms. The maximum atomic E-state index is 11.9. The van der Waals surface area contributed by atoms with Gasteiger partial charge in [-0.15, -0.1) is 0 Å². The van der Waals surface area contributed by atoms with Gasteiger partial charge in [-0.05, 0) is 25.7 Å². The Balaban J connectivity index is 2.50. The monoisotopic (exact) mass is 258 g/mol. The van der Waals surface area contributed by atoms with Crippen molar-refractivity contribution >= 4 is 12.0 Å². The van der Waals surface area contributed by atoms with Crippen LogP contribution >= 0.6 is 0 Å². The van der Waals surface area contributed by atoms with Crippen LogP contribution in [0.5, 0.6) is 0 Å². The van der Waals surface area contributed by atoms with E-state index in [-0.39, 0.29) is 11.9 Å². The Morgan fingerprint density at radius 3 is 2.83 bits per heavy atom. The first kappa shape index (κ1) is 14.8. The highest BCUT2D eigenvalue weighted by Gasteiger charge is 2.36. The minimum absolute atomic E-state index is 0.00566. The summed E-state index contributed by atoms with van der Waals surface area (Å²) in [4.78, 5) is 24.5. The number of likely N-dealkylation sites (tertiary alicyclic amines) is 1. The Bertz CT molecular complexity index is 296. The third-order valence-electron chi connectivity index (χ3n) is 3.17. The number of rotatable bonds is 5. The Morgan fingerprint density at radius 1 is 1.50 bits per heavy atom. The molecule has 0 radical (unpaired) electrons. The SMILES string of the molecule is CCOCCNC(=O)N1CCCC(C)C1C(=O)O. The number of hydrogen-bond acceptors (Lipinski definition) is 3. The summed E-state index contributed by atoms with van der Waals surface area (Å²) in [5, 5.41) is 11.9. The standard InChI is InChI=1S/C12H22N2O4/c1-3-18-8-6-13-12(17)14-7-4-5-9(2)10(14)11(15)16/h9-10H,3-8H2,1-2H3,(H,13,17)(H,15,16). The highest BCUT2D eigenvalue weighted by atomic mass is 16.5. The number of amides is 2. The molecule has 1 heterocycles.